The molecule has 0 heterocycles. The van der Waals surface area contributed by atoms with Crippen molar-refractivity contribution in [2.24, 2.45) is 5.92 Å². The second-order valence-electron chi connectivity index (χ2n) is 12.6. The summed E-state index contributed by atoms with van der Waals surface area (Å²) >= 11 is 0. The minimum absolute atomic E-state index is 0.280. The maximum absolute atomic E-state index is 4.50. The van der Waals surface area contributed by atoms with Crippen molar-refractivity contribution >= 4 is 0 Å². The highest BCUT2D eigenvalue weighted by Crippen LogP contribution is 2.39. The van der Waals surface area contributed by atoms with Crippen LogP contribution in [0.25, 0.3) is 0 Å². The largest absolute Gasteiger partial charge is 0.310 e. The van der Waals surface area contributed by atoms with Crippen LogP contribution in [0.2, 0.25) is 0 Å². The van der Waals surface area contributed by atoms with Crippen LogP contribution < -0.4 is 5.32 Å². The van der Waals surface area contributed by atoms with Crippen molar-refractivity contribution in [3.63, 3.8) is 0 Å². The number of unbranched alkanes of at least 4 members (excludes halogenated alkanes) is 8. The summed E-state index contributed by atoms with van der Waals surface area (Å²) < 4.78 is 0. The first-order chi connectivity index (χ1) is 20.1. The molecule has 3 rings (SSSR count). The van der Waals surface area contributed by atoms with E-state index in [9.17, 15) is 0 Å². The highest BCUT2D eigenvalue weighted by atomic mass is 14.9. The van der Waals surface area contributed by atoms with E-state index in [1.807, 2.05) is 6.08 Å². The van der Waals surface area contributed by atoms with Crippen LogP contribution in [-0.4, -0.2) is 13.1 Å². The Morgan fingerprint density at radius 3 is 2.02 bits per heavy atom. The normalized spacial score (nSPS) is 24.1. The molecular formula is C40H59N. The zero-order chi connectivity index (χ0) is 29.3. The van der Waals surface area contributed by atoms with Gasteiger partial charge in [-0.15, -0.1) is 0 Å². The molecular weight excluding hydrogens is 494 g/mol. The lowest BCUT2D eigenvalue weighted by atomic mass is 9.75. The minimum Gasteiger partial charge on any atom is -0.310 e. The molecule has 224 valence electrons. The molecule has 0 spiro atoms. The molecule has 1 N–H and O–H groups in total. The van der Waals surface area contributed by atoms with Crippen LogP contribution in [0, 0.1) is 5.92 Å². The Morgan fingerprint density at radius 2 is 1.44 bits per heavy atom. The van der Waals surface area contributed by atoms with Crippen LogP contribution in [0.1, 0.15) is 128 Å². The van der Waals surface area contributed by atoms with Crippen LogP contribution in [0.4, 0.5) is 0 Å². The van der Waals surface area contributed by atoms with E-state index in [-0.39, 0.29) is 6.04 Å². The fraction of sp³-hybridized carbons (Fsp3) is 0.550. The first kappa shape index (κ1) is 33.1. The zero-order valence-electron chi connectivity index (χ0n) is 26.6. The molecule has 2 saturated carbocycles. The quantitative estimate of drug-likeness (QED) is 0.149. The smallest absolute Gasteiger partial charge is 0.0539 e. The Bertz CT molecular complexity index is 1030. The highest BCUT2D eigenvalue weighted by Gasteiger charge is 2.25. The van der Waals surface area contributed by atoms with Gasteiger partial charge in [-0.3, -0.25) is 0 Å². The fourth-order valence-electron chi connectivity index (χ4n) is 7.13. The Balaban J connectivity index is 1.19. The van der Waals surface area contributed by atoms with Crippen molar-refractivity contribution in [2.75, 3.05) is 7.05 Å². The van der Waals surface area contributed by atoms with Gasteiger partial charge in [-0.2, -0.15) is 0 Å². The summed E-state index contributed by atoms with van der Waals surface area (Å²) in [7, 11) is 2.06. The molecule has 1 heteroatoms. The van der Waals surface area contributed by atoms with Crippen LogP contribution in [0.5, 0.6) is 0 Å². The summed E-state index contributed by atoms with van der Waals surface area (Å²) in [6, 6.07) is 11.4. The SMILES string of the molecule is C=C/C=C1\C(=C/C)CC/C(=C/C(=C)CCCCCCCCCCCC(=C)C2CCC(c3ccccc3)CC2)C1NC. The lowest BCUT2D eigenvalue weighted by molar-refractivity contribution is 0.355. The number of likely N-dealkylation sites (N-methyl/N-ethyl adjacent to an activating group) is 1. The van der Waals surface area contributed by atoms with Gasteiger partial charge >= 0.3 is 0 Å². The topological polar surface area (TPSA) is 12.0 Å². The van der Waals surface area contributed by atoms with E-state index < -0.39 is 0 Å². The molecule has 0 bridgehead atoms. The molecule has 2 fully saturated rings. The van der Waals surface area contributed by atoms with Gasteiger partial charge in [0.2, 0.25) is 0 Å². The Hall–Kier alpha value is -2.38. The van der Waals surface area contributed by atoms with Crippen LogP contribution in [-0.2, 0) is 0 Å². The molecule has 2 aliphatic rings. The Morgan fingerprint density at radius 1 is 0.829 bits per heavy atom. The van der Waals surface area contributed by atoms with Gasteiger partial charge in [-0.1, -0.05) is 130 Å². The van der Waals surface area contributed by atoms with Gasteiger partial charge in [-0.25, -0.2) is 0 Å². The van der Waals surface area contributed by atoms with Gasteiger partial charge in [0, 0.05) is 0 Å². The van der Waals surface area contributed by atoms with Gasteiger partial charge in [0.1, 0.15) is 0 Å². The van der Waals surface area contributed by atoms with Crippen molar-refractivity contribution in [2.45, 2.75) is 128 Å². The Kier molecular flexibility index (Phi) is 15.3. The third kappa shape index (κ3) is 11.1. The first-order valence-corrected chi connectivity index (χ1v) is 16.8. The maximum Gasteiger partial charge on any atom is 0.0539 e. The maximum atomic E-state index is 4.50. The lowest BCUT2D eigenvalue weighted by Crippen LogP contribution is -2.33. The molecule has 1 atom stereocenters. The highest BCUT2D eigenvalue weighted by molar-refractivity contribution is 5.48. The van der Waals surface area contributed by atoms with Crippen molar-refractivity contribution in [1.29, 1.82) is 0 Å². The van der Waals surface area contributed by atoms with Gasteiger partial charge in [0.15, 0.2) is 0 Å². The summed E-state index contributed by atoms with van der Waals surface area (Å²) in [5.74, 6) is 1.54. The number of hydrogen-bond acceptors (Lipinski definition) is 1. The molecule has 41 heavy (non-hydrogen) atoms. The molecule has 0 amide bonds. The van der Waals surface area contributed by atoms with E-state index in [4.69, 9.17) is 0 Å². The molecule has 1 unspecified atom stereocenters. The van der Waals surface area contributed by atoms with E-state index in [1.54, 1.807) is 0 Å². The van der Waals surface area contributed by atoms with E-state index in [1.165, 1.54) is 123 Å². The van der Waals surface area contributed by atoms with Crippen molar-refractivity contribution in [3.05, 3.63) is 108 Å². The van der Waals surface area contributed by atoms with E-state index in [0.717, 1.165) is 31.1 Å². The summed E-state index contributed by atoms with van der Waals surface area (Å²) in [6.07, 6.45) is 30.9. The predicted molar refractivity (Wildman–Crippen MR) is 182 cm³/mol. The summed E-state index contributed by atoms with van der Waals surface area (Å²) in [5, 5.41) is 3.52. The van der Waals surface area contributed by atoms with E-state index in [0.29, 0.717) is 0 Å². The van der Waals surface area contributed by atoms with Crippen molar-refractivity contribution in [1.82, 2.24) is 5.32 Å². The number of nitrogens with one attached hydrogen (secondary N) is 1. The summed E-state index contributed by atoms with van der Waals surface area (Å²) in [4.78, 5) is 0. The zero-order valence-corrected chi connectivity index (χ0v) is 26.6. The van der Waals surface area contributed by atoms with Gasteiger partial charge in [0.05, 0.1) is 6.04 Å². The van der Waals surface area contributed by atoms with E-state index >= 15 is 0 Å². The van der Waals surface area contributed by atoms with Crippen LogP contribution >= 0.6 is 0 Å². The molecule has 0 radical (unpaired) electrons. The summed E-state index contributed by atoms with van der Waals surface area (Å²) in [6.45, 7) is 15.0. The van der Waals surface area contributed by atoms with Gasteiger partial charge in [-0.05, 0) is 112 Å². The third-order valence-electron chi connectivity index (χ3n) is 9.63. The van der Waals surface area contributed by atoms with Gasteiger partial charge in [0.25, 0.3) is 0 Å². The second-order valence-corrected chi connectivity index (χ2v) is 12.6. The standard InChI is InChI=1S/C40H59N/c1-6-20-39-34(7-2)25-30-38(40(39)41-5)31-32(3)21-16-13-11-9-8-10-12-14-17-22-33(4)35-26-28-37(29-27-35)36-23-18-15-19-24-36/h6-7,15,18-20,23-24,31,35,37,40-41H,1,3-4,8-14,16-17,21-22,25-30H2,2,5H3/b34-7-,38-31-,39-20+. The number of hydrogen-bond donors (Lipinski definition) is 1. The first-order valence-electron chi connectivity index (χ1n) is 16.8. The molecule has 0 aromatic heterocycles. The molecule has 1 aromatic carbocycles. The second kappa shape index (κ2) is 18.9. The van der Waals surface area contributed by atoms with Crippen LogP contribution in [0.15, 0.2) is 102 Å². The predicted octanol–water partition coefficient (Wildman–Crippen LogP) is 11.7. The van der Waals surface area contributed by atoms with Crippen LogP contribution in [0.3, 0.4) is 0 Å². The minimum atomic E-state index is 0.280. The van der Waals surface area contributed by atoms with Gasteiger partial charge < -0.3 is 5.32 Å². The molecule has 1 aromatic rings. The fourth-order valence-corrected chi connectivity index (χ4v) is 7.13. The molecule has 2 aliphatic carbocycles. The van der Waals surface area contributed by atoms with Crippen molar-refractivity contribution in [3.8, 4) is 0 Å². The lowest BCUT2D eigenvalue weighted by Gasteiger charge is -2.31. The Labute approximate surface area is 253 Å². The number of rotatable bonds is 17. The number of allylic oxidation sites excluding steroid dienone is 6. The average molecular weight is 554 g/mol. The monoisotopic (exact) mass is 553 g/mol. The third-order valence-corrected chi connectivity index (χ3v) is 9.63. The molecule has 0 aliphatic heterocycles. The van der Waals surface area contributed by atoms with Crippen molar-refractivity contribution < 1.29 is 0 Å². The number of benzene rings is 1. The summed E-state index contributed by atoms with van der Waals surface area (Å²) in [5.41, 5.74) is 8.63. The van der Waals surface area contributed by atoms with E-state index in [2.05, 4.69) is 87.6 Å². The molecule has 0 saturated heterocycles. The average Bonchev–Trinajstić information content (AvgIpc) is 3.00. The molecule has 1 nitrogen and oxygen atoms in total.